The number of nitrogens with one attached hydrogen (secondary N) is 1. The van der Waals surface area contributed by atoms with Crippen molar-refractivity contribution in [3.8, 4) is 0 Å². The number of halogens is 1. The summed E-state index contributed by atoms with van der Waals surface area (Å²) in [5, 5.41) is 0.697. The molecule has 2 rings (SSSR count). The van der Waals surface area contributed by atoms with E-state index in [2.05, 4.69) is 30.7 Å². The van der Waals surface area contributed by atoms with Crippen molar-refractivity contribution in [2.24, 2.45) is 0 Å². The molecule has 0 unspecified atom stereocenters. The van der Waals surface area contributed by atoms with Crippen LogP contribution in [0.25, 0.3) is 10.9 Å². The third kappa shape index (κ3) is 3.01. The molecule has 0 fully saturated rings. The molecule has 1 aromatic heterocycles. The molecule has 0 bridgehead atoms. The van der Waals surface area contributed by atoms with E-state index in [9.17, 15) is 4.79 Å². The van der Waals surface area contributed by atoms with Gasteiger partial charge in [-0.15, -0.1) is 11.8 Å². The summed E-state index contributed by atoms with van der Waals surface area (Å²) in [5.41, 5.74) is 0.424. The van der Waals surface area contributed by atoms with Gasteiger partial charge in [-0.1, -0.05) is 20.8 Å². The first-order chi connectivity index (χ1) is 7.85. The van der Waals surface area contributed by atoms with Crippen LogP contribution in [-0.4, -0.2) is 14.7 Å². The van der Waals surface area contributed by atoms with Crippen LogP contribution in [-0.2, 0) is 0 Å². The quantitative estimate of drug-likeness (QED) is 0.636. The Labute approximate surface area is 109 Å². The molecule has 0 aliphatic rings. The molecule has 0 radical (unpaired) electrons. The van der Waals surface area contributed by atoms with E-state index in [1.165, 1.54) is 0 Å². The first-order valence-corrected chi connectivity index (χ1v) is 6.43. The molecule has 5 heteroatoms. The van der Waals surface area contributed by atoms with E-state index in [1.807, 2.05) is 18.2 Å². The highest BCUT2D eigenvalue weighted by atomic mass is 35.5. The minimum absolute atomic E-state index is 0.111. The molecule has 1 N–H and O–H groups in total. The van der Waals surface area contributed by atoms with Crippen LogP contribution in [0.3, 0.4) is 0 Å². The van der Waals surface area contributed by atoms with Crippen molar-refractivity contribution in [1.29, 1.82) is 0 Å². The maximum absolute atomic E-state index is 11.7. The summed E-state index contributed by atoms with van der Waals surface area (Å²) in [6.45, 7) is 6.39. The summed E-state index contributed by atoms with van der Waals surface area (Å²) < 4.78 is 0.111. The first-order valence-electron chi connectivity index (χ1n) is 5.24. The van der Waals surface area contributed by atoms with Crippen LogP contribution in [0.1, 0.15) is 20.8 Å². The fraction of sp³-hybridized carbons (Fsp3) is 0.333. The first kappa shape index (κ1) is 12.5. The Kier molecular flexibility index (Phi) is 3.19. The summed E-state index contributed by atoms with van der Waals surface area (Å²) in [6, 6.07) is 5.64. The van der Waals surface area contributed by atoms with Crippen molar-refractivity contribution >= 4 is 34.3 Å². The number of hydrogen-bond acceptors (Lipinski definition) is 3. The highest BCUT2D eigenvalue weighted by molar-refractivity contribution is 8.00. The second-order valence-corrected chi connectivity index (χ2v) is 7.01. The molecule has 0 spiro atoms. The molecule has 1 aromatic carbocycles. The van der Waals surface area contributed by atoms with Crippen LogP contribution in [0.2, 0.25) is 5.28 Å². The van der Waals surface area contributed by atoms with Crippen LogP contribution in [0, 0.1) is 0 Å². The number of hydrogen-bond donors (Lipinski definition) is 1. The van der Waals surface area contributed by atoms with E-state index in [0.29, 0.717) is 10.9 Å². The second kappa shape index (κ2) is 4.35. The number of H-pyrrole nitrogens is 1. The van der Waals surface area contributed by atoms with E-state index >= 15 is 0 Å². The van der Waals surface area contributed by atoms with Gasteiger partial charge in [-0.25, -0.2) is 4.98 Å². The van der Waals surface area contributed by atoms with Gasteiger partial charge >= 0.3 is 0 Å². The Morgan fingerprint density at radius 2 is 2.06 bits per heavy atom. The Hall–Kier alpha value is -1.00. The largest absolute Gasteiger partial charge is 0.297 e. The van der Waals surface area contributed by atoms with E-state index in [0.717, 1.165) is 4.90 Å². The summed E-state index contributed by atoms with van der Waals surface area (Å²) >= 11 is 7.41. The van der Waals surface area contributed by atoms with Gasteiger partial charge in [0.2, 0.25) is 5.28 Å². The van der Waals surface area contributed by atoms with Gasteiger partial charge in [-0.2, -0.15) is 0 Å². The van der Waals surface area contributed by atoms with E-state index in [4.69, 9.17) is 11.6 Å². The van der Waals surface area contributed by atoms with Crippen LogP contribution in [0.5, 0.6) is 0 Å². The lowest BCUT2D eigenvalue weighted by atomic mass is 10.2. The van der Waals surface area contributed by atoms with Crippen molar-refractivity contribution in [2.75, 3.05) is 0 Å². The summed E-state index contributed by atoms with van der Waals surface area (Å²) in [5.74, 6) is 0. The van der Waals surface area contributed by atoms with E-state index in [-0.39, 0.29) is 15.6 Å². The van der Waals surface area contributed by atoms with Crippen molar-refractivity contribution in [1.82, 2.24) is 9.97 Å². The van der Waals surface area contributed by atoms with Gasteiger partial charge in [0.05, 0.1) is 10.9 Å². The Morgan fingerprint density at radius 1 is 1.35 bits per heavy atom. The normalized spacial score (nSPS) is 12.0. The molecule has 0 saturated heterocycles. The smallest absolute Gasteiger partial charge is 0.259 e. The van der Waals surface area contributed by atoms with E-state index < -0.39 is 0 Å². The van der Waals surface area contributed by atoms with Crippen molar-refractivity contribution in [3.63, 3.8) is 0 Å². The van der Waals surface area contributed by atoms with Crippen LogP contribution in [0.4, 0.5) is 0 Å². The highest BCUT2D eigenvalue weighted by Crippen LogP contribution is 2.32. The lowest BCUT2D eigenvalue weighted by Crippen LogP contribution is -2.09. The number of rotatable bonds is 1. The molecule has 2 aromatic rings. The Balaban J connectivity index is 2.55. The van der Waals surface area contributed by atoms with Crippen LogP contribution < -0.4 is 5.56 Å². The average Bonchev–Trinajstić information content (AvgIpc) is 2.16. The standard InChI is InChI=1S/C12H13ClN2OS/c1-12(2,3)17-7-4-5-9-8(6-7)10(16)15-11(13)14-9/h4-6H,1-3H3,(H,14,15,16). The molecule has 0 aliphatic heterocycles. The van der Waals surface area contributed by atoms with Gasteiger partial charge in [0, 0.05) is 9.64 Å². The molecule has 0 amide bonds. The number of fused-ring (bicyclic) bond motifs is 1. The molecule has 3 nitrogen and oxygen atoms in total. The van der Waals surface area contributed by atoms with Gasteiger partial charge < -0.3 is 0 Å². The number of aromatic nitrogens is 2. The number of nitrogens with zero attached hydrogens (tertiary/aromatic N) is 1. The second-order valence-electron chi connectivity index (χ2n) is 4.75. The Morgan fingerprint density at radius 3 is 2.71 bits per heavy atom. The molecule has 1 heterocycles. The van der Waals surface area contributed by atoms with Crippen molar-refractivity contribution in [3.05, 3.63) is 33.8 Å². The van der Waals surface area contributed by atoms with Gasteiger partial charge in [-0.05, 0) is 29.8 Å². The van der Waals surface area contributed by atoms with Gasteiger partial charge in [0.15, 0.2) is 0 Å². The lowest BCUT2D eigenvalue weighted by molar-refractivity contribution is 0.803. The summed E-state index contributed by atoms with van der Waals surface area (Å²) in [6.07, 6.45) is 0. The maximum atomic E-state index is 11.7. The third-order valence-electron chi connectivity index (χ3n) is 2.07. The molecule has 17 heavy (non-hydrogen) atoms. The minimum Gasteiger partial charge on any atom is -0.297 e. The molecule has 90 valence electrons. The SMILES string of the molecule is CC(C)(C)Sc1ccc2nc(Cl)[nH]c(=O)c2c1. The predicted molar refractivity (Wildman–Crippen MR) is 73.0 cm³/mol. The predicted octanol–water partition coefficient (Wildman–Crippen LogP) is 3.47. The van der Waals surface area contributed by atoms with E-state index in [1.54, 1.807) is 11.8 Å². The monoisotopic (exact) mass is 268 g/mol. The molecule has 0 saturated carbocycles. The zero-order valence-corrected chi connectivity index (χ0v) is 11.4. The Bertz CT molecular complexity index is 616. The lowest BCUT2D eigenvalue weighted by Gasteiger charge is -2.17. The zero-order chi connectivity index (χ0) is 12.6. The fourth-order valence-corrected chi connectivity index (χ4v) is 2.70. The number of thioether (sulfide) groups is 1. The van der Waals surface area contributed by atoms with Crippen LogP contribution >= 0.6 is 23.4 Å². The summed E-state index contributed by atoms with van der Waals surface area (Å²) in [7, 11) is 0. The maximum Gasteiger partial charge on any atom is 0.259 e. The number of aromatic amines is 1. The molecule has 0 aliphatic carbocycles. The summed E-state index contributed by atoms with van der Waals surface area (Å²) in [4.78, 5) is 19.4. The zero-order valence-electron chi connectivity index (χ0n) is 9.87. The molecular weight excluding hydrogens is 256 g/mol. The molecule has 0 atom stereocenters. The average molecular weight is 269 g/mol. The van der Waals surface area contributed by atoms with Crippen LogP contribution in [0.15, 0.2) is 27.9 Å². The van der Waals surface area contributed by atoms with Gasteiger partial charge in [0.1, 0.15) is 0 Å². The highest BCUT2D eigenvalue weighted by Gasteiger charge is 2.13. The van der Waals surface area contributed by atoms with Crippen molar-refractivity contribution < 1.29 is 0 Å². The minimum atomic E-state index is -0.198. The van der Waals surface area contributed by atoms with Gasteiger partial charge in [0.25, 0.3) is 5.56 Å². The van der Waals surface area contributed by atoms with Crippen molar-refractivity contribution in [2.45, 2.75) is 30.4 Å². The van der Waals surface area contributed by atoms with Gasteiger partial charge in [-0.3, -0.25) is 9.78 Å². The fourth-order valence-electron chi connectivity index (χ4n) is 1.51. The number of benzene rings is 1. The molecular formula is C12H13ClN2OS. The topological polar surface area (TPSA) is 45.8 Å². The third-order valence-corrected chi connectivity index (χ3v) is 3.35.